The molecule has 2 heterocycles. The summed E-state index contributed by atoms with van der Waals surface area (Å²) >= 11 is 6.31. The highest BCUT2D eigenvalue weighted by Gasteiger charge is 2.36. The second kappa shape index (κ2) is 6.86. The standard InChI is InChI=1S/C20H15ClN4O2/c1-12-4-2-7-16(21)18(12)25-11-15(9-17(25)26)19-23-20(27-24-19)14-6-3-5-13(8-14)10-22/h2-8,15H,9,11H2,1H3. The van der Waals surface area contributed by atoms with E-state index in [9.17, 15) is 4.79 Å². The largest absolute Gasteiger partial charge is 0.334 e. The molecular weight excluding hydrogens is 364 g/mol. The minimum atomic E-state index is -0.176. The molecule has 1 unspecified atom stereocenters. The predicted octanol–water partition coefficient (Wildman–Crippen LogP) is 4.09. The summed E-state index contributed by atoms with van der Waals surface area (Å²) in [7, 11) is 0. The summed E-state index contributed by atoms with van der Waals surface area (Å²) < 4.78 is 5.36. The van der Waals surface area contributed by atoms with E-state index in [0.717, 1.165) is 11.3 Å². The first-order valence-electron chi connectivity index (χ1n) is 8.46. The number of para-hydroxylation sites is 1. The van der Waals surface area contributed by atoms with E-state index in [2.05, 4.69) is 16.2 Å². The topological polar surface area (TPSA) is 83.0 Å². The maximum atomic E-state index is 12.6. The van der Waals surface area contributed by atoms with Crippen molar-refractivity contribution in [3.05, 3.63) is 64.4 Å². The number of aromatic nitrogens is 2. The van der Waals surface area contributed by atoms with Crippen LogP contribution in [0.3, 0.4) is 0 Å². The lowest BCUT2D eigenvalue weighted by molar-refractivity contribution is -0.117. The number of hydrogen-bond donors (Lipinski definition) is 0. The molecule has 3 aromatic rings. The minimum absolute atomic E-state index is 0.0194. The van der Waals surface area contributed by atoms with Gasteiger partial charge in [0.25, 0.3) is 5.89 Å². The molecule has 0 aliphatic carbocycles. The van der Waals surface area contributed by atoms with Crippen molar-refractivity contribution in [1.29, 1.82) is 5.26 Å². The van der Waals surface area contributed by atoms with Crippen LogP contribution >= 0.6 is 11.6 Å². The molecule has 0 radical (unpaired) electrons. The Hall–Kier alpha value is -3.17. The summed E-state index contributed by atoms with van der Waals surface area (Å²) in [4.78, 5) is 18.7. The van der Waals surface area contributed by atoms with Gasteiger partial charge in [0.1, 0.15) is 0 Å². The van der Waals surface area contributed by atoms with E-state index < -0.39 is 0 Å². The number of aryl methyl sites for hydroxylation is 1. The lowest BCUT2D eigenvalue weighted by Crippen LogP contribution is -2.25. The second-order valence-corrected chi connectivity index (χ2v) is 6.87. The Morgan fingerprint density at radius 2 is 2.11 bits per heavy atom. The zero-order chi connectivity index (χ0) is 19.0. The number of rotatable bonds is 3. The van der Waals surface area contributed by atoms with Crippen molar-refractivity contribution in [2.24, 2.45) is 0 Å². The first-order chi connectivity index (χ1) is 13.1. The molecule has 1 saturated heterocycles. The van der Waals surface area contributed by atoms with Crippen molar-refractivity contribution in [3.63, 3.8) is 0 Å². The minimum Gasteiger partial charge on any atom is -0.334 e. The summed E-state index contributed by atoms with van der Waals surface area (Å²) in [5, 5.41) is 13.6. The molecule has 2 aromatic carbocycles. The van der Waals surface area contributed by atoms with E-state index in [1.165, 1.54) is 0 Å². The monoisotopic (exact) mass is 378 g/mol. The Balaban J connectivity index is 1.60. The normalized spacial score (nSPS) is 16.6. The van der Waals surface area contributed by atoms with Crippen molar-refractivity contribution < 1.29 is 9.32 Å². The summed E-state index contributed by atoms with van der Waals surface area (Å²) in [6, 6.07) is 14.6. The Morgan fingerprint density at radius 1 is 1.30 bits per heavy atom. The molecule has 1 aliphatic rings. The number of nitriles is 1. The highest BCUT2D eigenvalue weighted by atomic mass is 35.5. The van der Waals surface area contributed by atoms with Crippen molar-refractivity contribution in [2.75, 3.05) is 11.4 Å². The maximum Gasteiger partial charge on any atom is 0.257 e. The van der Waals surface area contributed by atoms with Gasteiger partial charge in [-0.05, 0) is 36.8 Å². The van der Waals surface area contributed by atoms with Crippen LogP contribution in [0.4, 0.5) is 5.69 Å². The van der Waals surface area contributed by atoms with Gasteiger partial charge >= 0.3 is 0 Å². The zero-order valence-electron chi connectivity index (χ0n) is 14.5. The number of nitrogens with zero attached hydrogens (tertiary/aromatic N) is 4. The van der Waals surface area contributed by atoms with Crippen LogP contribution in [-0.4, -0.2) is 22.6 Å². The lowest BCUT2D eigenvalue weighted by Gasteiger charge is -2.20. The van der Waals surface area contributed by atoms with E-state index in [-0.39, 0.29) is 11.8 Å². The molecule has 1 atom stereocenters. The molecule has 4 rings (SSSR count). The van der Waals surface area contributed by atoms with Crippen LogP contribution in [0.1, 0.15) is 29.3 Å². The predicted molar refractivity (Wildman–Crippen MR) is 100 cm³/mol. The van der Waals surface area contributed by atoms with Crippen molar-refractivity contribution in [3.8, 4) is 17.5 Å². The van der Waals surface area contributed by atoms with Crippen LogP contribution in [0, 0.1) is 18.3 Å². The Labute approximate surface area is 161 Å². The summed E-state index contributed by atoms with van der Waals surface area (Å²) in [5.41, 5.74) is 2.87. The van der Waals surface area contributed by atoms with E-state index in [0.29, 0.717) is 40.8 Å². The molecule has 6 nitrogen and oxygen atoms in total. The van der Waals surface area contributed by atoms with Crippen LogP contribution < -0.4 is 4.90 Å². The first-order valence-corrected chi connectivity index (χ1v) is 8.84. The third-order valence-electron chi connectivity index (χ3n) is 4.63. The maximum absolute atomic E-state index is 12.6. The van der Waals surface area contributed by atoms with E-state index in [1.54, 1.807) is 35.2 Å². The van der Waals surface area contributed by atoms with Gasteiger partial charge in [-0.3, -0.25) is 4.79 Å². The number of carbonyl (C=O) groups excluding carboxylic acids is 1. The van der Waals surface area contributed by atoms with Crippen LogP contribution in [0.5, 0.6) is 0 Å². The Bertz CT molecular complexity index is 1050. The second-order valence-electron chi connectivity index (χ2n) is 6.46. The fourth-order valence-corrected chi connectivity index (χ4v) is 3.63. The molecule has 1 aromatic heterocycles. The lowest BCUT2D eigenvalue weighted by atomic mass is 10.1. The summed E-state index contributed by atoms with van der Waals surface area (Å²) in [6.45, 7) is 2.37. The van der Waals surface area contributed by atoms with Crippen molar-refractivity contribution in [2.45, 2.75) is 19.3 Å². The fourth-order valence-electron chi connectivity index (χ4n) is 3.30. The molecule has 1 aliphatic heterocycles. The number of anilines is 1. The van der Waals surface area contributed by atoms with Gasteiger partial charge in [0.05, 0.1) is 22.3 Å². The molecule has 0 spiro atoms. The molecule has 0 bridgehead atoms. The van der Waals surface area contributed by atoms with Gasteiger partial charge < -0.3 is 9.42 Å². The number of amides is 1. The molecule has 0 saturated carbocycles. The van der Waals surface area contributed by atoms with Crippen molar-refractivity contribution >= 4 is 23.2 Å². The van der Waals surface area contributed by atoms with E-state index in [4.69, 9.17) is 21.4 Å². The molecule has 1 fully saturated rings. The average Bonchev–Trinajstić information content (AvgIpc) is 3.29. The molecule has 7 heteroatoms. The van der Waals surface area contributed by atoms with Gasteiger partial charge in [-0.15, -0.1) is 0 Å². The number of hydrogen-bond acceptors (Lipinski definition) is 5. The van der Waals surface area contributed by atoms with Crippen molar-refractivity contribution in [1.82, 2.24) is 10.1 Å². The van der Waals surface area contributed by atoms with Crippen LogP contribution in [0.25, 0.3) is 11.5 Å². The molecule has 134 valence electrons. The third-order valence-corrected chi connectivity index (χ3v) is 4.93. The van der Waals surface area contributed by atoms with Gasteiger partial charge in [-0.25, -0.2) is 0 Å². The summed E-state index contributed by atoms with van der Waals surface area (Å²) in [5.74, 6) is 0.619. The van der Waals surface area contributed by atoms with Crippen LogP contribution in [0.15, 0.2) is 47.0 Å². The molecule has 0 N–H and O–H groups in total. The zero-order valence-corrected chi connectivity index (χ0v) is 15.3. The number of carbonyl (C=O) groups is 1. The van der Waals surface area contributed by atoms with E-state index in [1.807, 2.05) is 19.1 Å². The van der Waals surface area contributed by atoms with Crippen LogP contribution in [0.2, 0.25) is 5.02 Å². The number of benzene rings is 2. The van der Waals surface area contributed by atoms with Gasteiger partial charge in [0.15, 0.2) is 5.82 Å². The molecular formula is C20H15ClN4O2. The average molecular weight is 379 g/mol. The van der Waals surface area contributed by atoms with Gasteiger partial charge in [-0.1, -0.05) is 35.0 Å². The van der Waals surface area contributed by atoms with Gasteiger partial charge in [-0.2, -0.15) is 10.2 Å². The highest BCUT2D eigenvalue weighted by molar-refractivity contribution is 6.34. The van der Waals surface area contributed by atoms with Gasteiger partial charge in [0, 0.05) is 24.4 Å². The molecule has 1 amide bonds. The van der Waals surface area contributed by atoms with Gasteiger partial charge in [0.2, 0.25) is 5.91 Å². The Kier molecular flexibility index (Phi) is 4.38. The summed E-state index contributed by atoms with van der Waals surface area (Å²) in [6.07, 6.45) is 0.294. The molecule has 27 heavy (non-hydrogen) atoms. The fraction of sp³-hybridized carbons (Fsp3) is 0.200. The first kappa shape index (κ1) is 17.3. The number of halogens is 1. The van der Waals surface area contributed by atoms with Crippen LogP contribution in [-0.2, 0) is 4.79 Å². The highest BCUT2D eigenvalue weighted by Crippen LogP contribution is 2.36. The third kappa shape index (κ3) is 3.18. The quantitative estimate of drug-likeness (QED) is 0.685. The SMILES string of the molecule is Cc1cccc(Cl)c1N1CC(c2noc(-c3cccc(C#N)c3)n2)CC1=O. The smallest absolute Gasteiger partial charge is 0.257 e. The Morgan fingerprint density at radius 3 is 2.89 bits per heavy atom. The van der Waals surface area contributed by atoms with E-state index >= 15 is 0 Å².